The van der Waals surface area contributed by atoms with E-state index in [2.05, 4.69) is 20.8 Å². The number of benzene rings is 1. The molecule has 2 aliphatic rings. The summed E-state index contributed by atoms with van der Waals surface area (Å²) in [7, 11) is 0. The van der Waals surface area contributed by atoms with Crippen molar-refractivity contribution in [3.05, 3.63) is 35.9 Å². The Morgan fingerprint density at radius 2 is 1.78 bits per heavy atom. The number of hydrogen-bond acceptors (Lipinski definition) is 8. The van der Waals surface area contributed by atoms with Gasteiger partial charge in [0.2, 0.25) is 0 Å². The Morgan fingerprint density at radius 3 is 2.44 bits per heavy atom. The molecule has 0 amide bonds. The SMILES string of the molecule is CC(C)C1C(C)CCCC1OC(=O)C(O)[C@H]1O[C@@H](OCc2ccccc2)[C@H](O)[C@@H](O)[C@@H]1O. The van der Waals surface area contributed by atoms with E-state index in [9.17, 15) is 25.2 Å². The molecule has 1 saturated heterocycles. The van der Waals surface area contributed by atoms with Gasteiger partial charge in [-0.25, -0.2) is 4.79 Å². The third kappa shape index (κ3) is 5.68. The Labute approximate surface area is 189 Å². The van der Waals surface area contributed by atoms with E-state index in [1.807, 2.05) is 30.3 Å². The van der Waals surface area contributed by atoms with Crippen LogP contribution in [0.1, 0.15) is 45.6 Å². The predicted molar refractivity (Wildman–Crippen MR) is 115 cm³/mol. The Hall–Kier alpha value is -1.55. The number of aliphatic hydroxyl groups excluding tert-OH is 4. The maximum atomic E-state index is 12.8. The molecule has 9 atom stereocenters. The zero-order valence-electron chi connectivity index (χ0n) is 18.9. The van der Waals surface area contributed by atoms with E-state index in [1.165, 1.54) is 0 Å². The molecule has 0 spiro atoms. The van der Waals surface area contributed by atoms with E-state index >= 15 is 0 Å². The molecule has 1 aromatic carbocycles. The van der Waals surface area contributed by atoms with Gasteiger partial charge in [-0.2, -0.15) is 0 Å². The van der Waals surface area contributed by atoms with Gasteiger partial charge >= 0.3 is 5.97 Å². The minimum Gasteiger partial charge on any atom is -0.460 e. The standard InChI is InChI=1S/C24H36O8/c1-13(2)17-14(3)8-7-11-16(17)31-23(29)21(28)22-19(26)18(25)20(27)24(32-22)30-12-15-9-5-4-6-10-15/h4-6,9-10,13-14,16-22,24-28H,7-8,11-12H2,1-3H3/t14?,16?,17?,18-,19-,20+,21?,22-,24+/m0/s1. The van der Waals surface area contributed by atoms with Crippen LogP contribution in [0.3, 0.4) is 0 Å². The van der Waals surface area contributed by atoms with Gasteiger partial charge in [-0.05, 0) is 30.2 Å². The predicted octanol–water partition coefficient (Wildman–Crippen LogP) is 1.38. The first-order valence-electron chi connectivity index (χ1n) is 11.4. The number of carbonyl (C=O) groups is 1. The zero-order valence-corrected chi connectivity index (χ0v) is 18.9. The van der Waals surface area contributed by atoms with E-state index in [0.717, 1.165) is 18.4 Å². The molecule has 8 heteroatoms. The van der Waals surface area contributed by atoms with Gasteiger partial charge in [0.25, 0.3) is 0 Å². The summed E-state index contributed by atoms with van der Waals surface area (Å²) < 4.78 is 16.8. The van der Waals surface area contributed by atoms with Crippen LogP contribution in [0.2, 0.25) is 0 Å². The Morgan fingerprint density at radius 1 is 1.09 bits per heavy atom. The summed E-state index contributed by atoms with van der Waals surface area (Å²) in [6.45, 7) is 6.39. The van der Waals surface area contributed by atoms with Crippen molar-refractivity contribution in [2.75, 3.05) is 0 Å². The molecule has 1 heterocycles. The molecule has 1 aliphatic carbocycles. The third-order valence-corrected chi connectivity index (χ3v) is 6.69. The lowest BCUT2D eigenvalue weighted by Crippen LogP contribution is -2.62. The second-order valence-electron chi connectivity index (χ2n) is 9.39. The van der Waals surface area contributed by atoms with Crippen molar-refractivity contribution in [2.24, 2.45) is 17.8 Å². The fourth-order valence-corrected chi connectivity index (χ4v) is 4.99. The molecular formula is C24H36O8. The molecular weight excluding hydrogens is 416 g/mol. The van der Waals surface area contributed by atoms with E-state index < -0.39 is 42.8 Å². The van der Waals surface area contributed by atoms with Crippen LogP contribution in [-0.2, 0) is 25.6 Å². The van der Waals surface area contributed by atoms with Gasteiger partial charge in [-0.3, -0.25) is 0 Å². The van der Waals surface area contributed by atoms with Gasteiger partial charge in [0, 0.05) is 5.92 Å². The van der Waals surface area contributed by atoms with Crippen LogP contribution < -0.4 is 0 Å². The van der Waals surface area contributed by atoms with Gasteiger partial charge in [0.1, 0.15) is 30.5 Å². The second kappa shape index (κ2) is 11.0. The maximum absolute atomic E-state index is 12.8. The zero-order chi connectivity index (χ0) is 23.4. The normalized spacial score (nSPS) is 36.6. The molecule has 180 valence electrons. The van der Waals surface area contributed by atoms with Crippen LogP contribution in [0.15, 0.2) is 30.3 Å². The van der Waals surface area contributed by atoms with Crippen molar-refractivity contribution in [1.82, 2.24) is 0 Å². The fraction of sp³-hybridized carbons (Fsp3) is 0.708. The highest BCUT2D eigenvalue weighted by Crippen LogP contribution is 2.37. The van der Waals surface area contributed by atoms with E-state index in [0.29, 0.717) is 18.3 Å². The molecule has 4 unspecified atom stereocenters. The average molecular weight is 453 g/mol. The first kappa shape index (κ1) is 25.1. The van der Waals surface area contributed by atoms with Crippen LogP contribution in [-0.4, -0.2) is 69.3 Å². The quantitative estimate of drug-likeness (QED) is 0.457. The summed E-state index contributed by atoms with van der Waals surface area (Å²) in [6, 6.07) is 9.15. The Kier molecular flexibility index (Phi) is 8.66. The lowest BCUT2D eigenvalue weighted by Gasteiger charge is -2.42. The van der Waals surface area contributed by atoms with Crippen molar-refractivity contribution in [1.29, 1.82) is 0 Å². The average Bonchev–Trinajstić information content (AvgIpc) is 2.77. The Balaban J connectivity index is 1.65. The first-order chi connectivity index (χ1) is 15.2. The van der Waals surface area contributed by atoms with Gasteiger partial charge in [0.05, 0.1) is 6.61 Å². The number of carbonyl (C=O) groups excluding carboxylic acids is 1. The molecule has 0 aromatic heterocycles. The monoisotopic (exact) mass is 452 g/mol. The summed E-state index contributed by atoms with van der Waals surface area (Å²) in [6.07, 6.45) is -7.18. The number of aliphatic hydroxyl groups is 4. The number of ether oxygens (including phenoxy) is 3. The van der Waals surface area contributed by atoms with Crippen LogP contribution in [0, 0.1) is 17.8 Å². The van der Waals surface area contributed by atoms with Crippen LogP contribution in [0.4, 0.5) is 0 Å². The molecule has 8 nitrogen and oxygen atoms in total. The number of hydrogen-bond donors (Lipinski definition) is 4. The Bertz CT molecular complexity index is 726. The highest BCUT2D eigenvalue weighted by Gasteiger charge is 2.49. The summed E-state index contributed by atoms with van der Waals surface area (Å²) in [4.78, 5) is 12.8. The van der Waals surface area contributed by atoms with Crippen LogP contribution in [0.5, 0.6) is 0 Å². The second-order valence-corrected chi connectivity index (χ2v) is 9.39. The molecule has 1 saturated carbocycles. The van der Waals surface area contributed by atoms with Gasteiger partial charge in [0.15, 0.2) is 12.4 Å². The van der Waals surface area contributed by atoms with Crippen molar-refractivity contribution in [3.63, 3.8) is 0 Å². The summed E-state index contributed by atoms with van der Waals surface area (Å²) in [5.41, 5.74) is 0.812. The molecule has 4 N–H and O–H groups in total. The molecule has 3 rings (SSSR count). The molecule has 0 bridgehead atoms. The third-order valence-electron chi connectivity index (χ3n) is 6.69. The molecule has 0 radical (unpaired) electrons. The van der Waals surface area contributed by atoms with Crippen molar-refractivity contribution < 1.29 is 39.4 Å². The minimum absolute atomic E-state index is 0.0781. The van der Waals surface area contributed by atoms with Crippen molar-refractivity contribution in [2.45, 2.75) is 89.6 Å². The molecule has 2 fully saturated rings. The summed E-state index contributed by atoms with van der Waals surface area (Å²) in [5, 5.41) is 41.5. The number of rotatable bonds is 7. The molecule has 1 aromatic rings. The first-order valence-corrected chi connectivity index (χ1v) is 11.4. The van der Waals surface area contributed by atoms with Crippen LogP contribution in [0.25, 0.3) is 0 Å². The minimum atomic E-state index is -1.83. The van der Waals surface area contributed by atoms with Gasteiger partial charge in [-0.15, -0.1) is 0 Å². The summed E-state index contributed by atoms with van der Waals surface area (Å²) >= 11 is 0. The van der Waals surface area contributed by atoms with Gasteiger partial charge < -0.3 is 34.6 Å². The summed E-state index contributed by atoms with van der Waals surface area (Å²) in [5.74, 6) is -0.0388. The van der Waals surface area contributed by atoms with Gasteiger partial charge in [-0.1, -0.05) is 57.5 Å². The van der Waals surface area contributed by atoms with Crippen LogP contribution >= 0.6 is 0 Å². The van der Waals surface area contributed by atoms with Crippen molar-refractivity contribution in [3.8, 4) is 0 Å². The highest BCUT2D eigenvalue weighted by atomic mass is 16.7. The fourth-order valence-electron chi connectivity index (χ4n) is 4.99. The smallest absolute Gasteiger partial charge is 0.338 e. The highest BCUT2D eigenvalue weighted by molar-refractivity contribution is 5.75. The number of esters is 1. The molecule has 1 aliphatic heterocycles. The van der Waals surface area contributed by atoms with E-state index in [1.54, 1.807) is 0 Å². The van der Waals surface area contributed by atoms with E-state index in [-0.39, 0.29) is 18.6 Å². The topological polar surface area (TPSA) is 126 Å². The van der Waals surface area contributed by atoms with Crippen molar-refractivity contribution >= 4 is 5.97 Å². The van der Waals surface area contributed by atoms with E-state index in [4.69, 9.17) is 14.2 Å². The largest absolute Gasteiger partial charge is 0.460 e. The lowest BCUT2D eigenvalue weighted by molar-refractivity contribution is -0.312. The maximum Gasteiger partial charge on any atom is 0.338 e. The molecule has 32 heavy (non-hydrogen) atoms. The lowest BCUT2D eigenvalue weighted by atomic mass is 9.72.